The molecule has 0 saturated carbocycles. The number of methoxy groups -OCH3 is 2. The third-order valence-corrected chi connectivity index (χ3v) is 5.55. The van der Waals surface area contributed by atoms with E-state index in [4.69, 9.17) is 9.47 Å². The molecule has 2 heterocycles. The highest BCUT2D eigenvalue weighted by Crippen LogP contribution is 2.27. The normalized spacial score (nSPS) is 26.3. The zero-order valence-corrected chi connectivity index (χ0v) is 15.8. The van der Waals surface area contributed by atoms with Crippen LogP contribution in [-0.2, 0) is 16.0 Å². The van der Waals surface area contributed by atoms with Gasteiger partial charge in [-0.3, -0.25) is 14.5 Å². The van der Waals surface area contributed by atoms with Gasteiger partial charge in [0.2, 0.25) is 5.91 Å². The van der Waals surface area contributed by atoms with Crippen LogP contribution in [0.2, 0.25) is 0 Å². The van der Waals surface area contributed by atoms with Crippen molar-refractivity contribution >= 4 is 11.8 Å². The molecular formula is C19H29N3O4+2. The number of benzene rings is 1. The zero-order valence-electron chi connectivity index (χ0n) is 15.8. The van der Waals surface area contributed by atoms with E-state index in [1.807, 2.05) is 18.2 Å². The number of carbonyl (C=O) groups is 2. The molecule has 26 heavy (non-hydrogen) atoms. The molecule has 0 spiro atoms. The first-order chi connectivity index (χ1) is 12.5. The van der Waals surface area contributed by atoms with E-state index in [-0.39, 0.29) is 17.9 Å². The second-order valence-electron chi connectivity index (χ2n) is 7.20. The maximum Gasteiger partial charge on any atom is 0.288 e. The molecule has 3 rings (SSSR count). The second kappa shape index (κ2) is 8.05. The zero-order chi connectivity index (χ0) is 18.7. The number of likely N-dealkylation sites (N-methyl/N-ethyl adjacent to an activating group) is 1. The summed E-state index contributed by atoms with van der Waals surface area (Å²) >= 11 is 0. The molecule has 0 bridgehead atoms. The van der Waals surface area contributed by atoms with Crippen LogP contribution in [0.15, 0.2) is 18.2 Å². The number of nitrogens with zero attached hydrogens (tertiary/aromatic N) is 1. The van der Waals surface area contributed by atoms with Crippen LogP contribution in [0.5, 0.6) is 11.5 Å². The summed E-state index contributed by atoms with van der Waals surface area (Å²) in [5.74, 6) is 1.28. The molecule has 2 fully saturated rings. The number of imide groups is 1. The highest BCUT2D eigenvalue weighted by atomic mass is 16.5. The van der Waals surface area contributed by atoms with Gasteiger partial charge < -0.3 is 19.3 Å². The number of nitrogens with one attached hydrogen (secondary N) is 2. The van der Waals surface area contributed by atoms with E-state index in [9.17, 15) is 9.59 Å². The van der Waals surface area contributed by atoms with Crippen LogP contribution in [0.4, 0.5) is 0 Å². The Labute approximate surface area is 154 Å². The smallest absolute Gasteiger partial charge is 0.288 e. The Balaban J connectivity index is 1.61. The molecule has 7 heteroatoms. The fourth-order valence-corrected chi connectivity index (χ4v) is 3.86. The van der Waals surface area contributed by atoms with Gasteiger partial charge in [0.25, 0.3) is 5.91 Å². The Hall–Kier alpha value is -2.12. The molecule has 0 radical (unpaired) electrons. The van der Waals surface area contributed by atoms with E-state index >= 15 is 0 Å². The number of hydrogen-bond donors (Lipinski definition) is 2. The summed E-state index contributed by atoms with van der Waals surface area (Å²) in [6.07, 6.45) is 0.964. The Morgan fingerprint density at radius 2 is 1.77 bits per heavy atom. The van der Waals surface area contributed by atoms with Gasteiger partial charge >= 0.3 is 0 Å². The van der Waals surface area contributed by atoms with Gasteiger partial charge in [0, 0.05) is 6.54 Å². The first kappa shape index (κ1) is 18.7. The number of carbonyl (C=O) groups excluding carboxylic acids is 2. The van der Waals surface area contributed by atoms with Crippen molar-refractivity contribution in [2.75, 3.05) is 54.0 Å². The highest BCUT2D eigenvalue weighted by molar-refractivity contribution is 6.04. The molecule has 1 aromatic carbocycles. The van der Waals surface area contributed by atoms with E-state index in [1.54, 1.807) is 14.2 Å². The quantitative estimate of drug-likeness (QED) is 0.563. The van der Waals surface area contributed by atoms with Gasteiger partial charge in [0.15, 0.2) is 17.5 Å². The standard InChI is InChI=1S/C19H27N3O4/c1-20-8-10-21(11-9-20)15-13-18(23)22(19(15)24)7-6-14-4-5-16(25-2)17(12-14)26-3/h4-5,12,15H,6-11,13H2,1-3H3/p+2/t15-/m0/s1. The van der Waals surface area contributed by atoms with Gasteiger partial charge in [0.05, 0.1) is 27.7 Å². The molecule has 0 unspecified atom stereocenters. The average Bonchev–Trinajstić information content (AvgIpc) is 2.94. The Bertz CT molecular complexity index is 671. The lowest BCUT2D eigenvalue weighted by Gasteiger charge is -2.30. The number of piperazine rings is 1. The molecule has 2 N–H and O–H groups in total. The van der Waals surface area contributed by atoms with Crippen molar-refractivity contribution in [2.24, 2.45) is 0 Å². The first-order valence-corrected chi connectivity index (χ1v) is 9.24. The summed E-state index contributed by atoms with van der Waals surface area (Å²) in [7, 11) is 5.37. The number of likely N-dealkylation sites (tertiary alicyclic amines) is 1. The maximum absolute atomic E-state index is 12.8. The third kappa shape index (κ3) is 3.83. The molecular weight excluding hydrogens is 334 g/mol. The van der Waals surface area contributed by atoms with Crippen molar-refractivity contribution in [3.63, 3.8) is 0 Å². The van der Waals surface area contributed by atoms with Crippen molar-refractivity contribution in [1.29, 1.82) is 0 Å². The monoisotopic (exact) mass is 363 g/mol. The SMILES string of the molecule is COc1ccc(CCN2C(=O)C[C@H]([NH+]3CC[NH+](C)CC3)C2=O)cc1OC. The predicted octanol–water partition coefficient (Wildman–Crippen LogP) is -2.21. The maximum atomic E-state index is 12.8. The molecule has 2 aliphatic heterocycles. The van der Waals surface area contributed by atoms with Crippen molar-refractivity contribution in [3.8, 4) is 11.5 Å². The van der Waals surface area contributed by atoms with E-state index in [2.05, 4.69) is 7.05 Å². The van der Waals surface area contributed by atoms with Gasteiger partial charge in [0.1, 0.15) is 26.2 Å². The highest BCUT2D eigenvalue weighted by Gasteiger charge is 2.45. The summed E-state index contributed by atoms with van der Waals surface area (Å²) in [5, 5.41) is 0. The minimum absolute atomic E-state index is 0.00923. The van der Waals surface area contributed by atoms with Crippen molar-refractivity contribution in [1.82, 2.24) is 4.90 Å². The topological polar surface area (TPSA) is 64.7 Å². The van der Waals surface area contributed by atoms with Crippen LogP contribution >= 0.6 is 0 Å². The van der Waals surface area contributed by atoms with Gasteiger partial charge in [-0.15, -0.1) is 0 Å². The summed E-state index contributed by atoms with van der Waals surface area (Å²) in [6.45, 7) is 4.44. The lowest BCUT2D eigenvalue weighted by atomic mass is 10.1. The number of amides is 2. The van der Waals surface area contributed by atoms with Gasteiger partial charge in [-0.2, -0.15) is 0 Å². The lowest BCUT2D eigenvalue weighted by molar-refractivity contribution is -1.01. The Morgan fingerprint density at radius 1 is 1.08 bits per heavy atom. The number of rotatable bonds is 6. The van der Waals surface area contributed by atoms with Crippen LogP contribution < -0.4 is 19.3 Å². The molecule has 142 valence electrons. The van der Waals surface area contributed by atoms with Crippen LogP contribution in [0.1, 0.15) is 12.0 Å². The molecule has 0 aromatic heterocycles. The lowest BCUT2D eigenvalue weighted by Crippen LogP contribution is -3.29. The molecule has 2 amide bonds. The molecule has 2 aliphatic rings. The second-order valence-corrected chi connectivity index (χ2v) is 7.20. The molecule has 0 aliphatic carbocycles. The minimum Gasteiger partial charge on any atom is -0.493 e. The van der Waals surface area contributed by atoms with E-state index < -0.39 is 0 Å². The first-order valence-electron chi connectivity index (χ1n) is 9.24. The van der Waals surface area contributed by atoms with Crippen LogP contribution in [0.3, 0.4) is 0 Å². The molecule has 7 nitrogen and oxygen atoms in total. The van der Waals surface area contributed by atoms with Crippen molar-refractivity contribution < 1.29 is 28.9 Å². The minimum atomic E-state index is -0.194. The average molecular weight is 363 g/mol. The fourth-order valence-electron chi connectivity index (χ4n) is 3.86. The Kier molecular flexibility index (Phi) is 5.78. The van der Waals surface area contributed by atoms with Gasteiger partial charge in [-0.25, -0.2) is 0 Å². The molecule has 1 atom stereocenters. The van der Waals surface area contributed by atoms with Crippen molar-refractivity contribution in [2.45, 2.75) is 18.9 Å². The van der Waals surface area contributed by atoms with Crippen LogP contribution in [0.25, 0.3) is 0 Å². The number of quaternary nitrogens is 2. The Morgan fingerprint density at radius 3 is 2.42 bits per heavy atom. The summed E-state index contributed by atoms with van der Waals surface area (Å²) in [4.78, 5) is 29.4. The van der Waals surface area contributed by atoms with Crippen molar-refractivity contribution in [3.05, 3.63) is 23.8 Å². The van der Waals surface area contributed by atoms with Gasteiger partial charge in [-0.1, -0.05) is 6.07 Å². The van der Waals surface area contributed by atoms with E-state index in [1.165, 1.54) is 14.7 Å². The fraction of sp³-hybridized carbons (Fsp3) is 0.579. The van der Waals surface area contributed by atoms with E-state index in [0.29, 0.717) is 30.9 Å². The third-order valence-electron chi connectivity index (χ3n) is 5.55. The summed E-state index contributed by atoms with van der Waals surface area (Å²) in [6, 6.07) is 5.50. The van der Waals surface area contributed by atoms with Crippen LogP contribution in [-0.4, -0.2) is 76.7 Å². The summed E-state index contributed by atoms with van der Waals surface area (Å²) < 4.78 is 10.6. The number of hydrogen-bond acceptors (Lipinski definition) is 4. The van der Waals surface area contributed by atoms with E-state index in [0.717, 1.165) is 31.7 Å². The van der Waals surface area contributed by atoms with Gasteiger partial charge in [-0.05, 0) is 24.1 Å². The van der Waals surface area contributed by atoms with Crippen LogP contribution in [0, 0.1) is 0 Å². The number of ether oxygens (including phenoxy) is 2. The molecule has 2 saturated heterocycles. The summed E-state index contributed by atoms with van der Waals surface area (Å²) in [5.41, 5.74) is 1.02. The predicted molar refractivity (Wildman–Crippen MR) is 95.7 cm³/mol. The largest absolute Gasteiger partial charge is 0.493 e. The molecule has 1 aromatic rings.